The highest BCUT2D eigenvalue weighted by Crippen LogP contribution is 2.44. The Hall–Kier alpha value is -1.95. The van der Waals surface area contributed by atoms with Crippen LogP contribution < -0.4 is 5.32 Å². The molecule has 2 fully saturated rings. The summed E-state index contributed by atoms with van der Waals surface area (Å²) in [5.41, 5.74) is 0.790. The fourth-order valence-corrected chi connectivity index (χ4v) is 4.49. The van der Waals surface area contributed by atoms with Crippen LogP contribution in [0.1, 0.15) is 37.4 Å². The van der Waals surface area contributed by atoms with E-state index in [0.29, 0.717) is 23.6 Å². The van der Waals surface area contributed by atoms with Crippen LogP contribution >= 0.6 is 11.3 Å². The van der Waals surface area contributed by atoms with Crippen molar-refractivity contribution in [2.75, 3.05) is 5.32 Å². The third kappa shape index (κ3) is 2.32. The molecular formula is C17H17N3O2S. The Balaban J connectivity index is 1.36. The number of aromatic nitrogens is 2. The van der Waals surface area contributed by atoms with Crippen molar-refractivity contribution in [1.82, 2.24) is 10.1 Å². The van der Waals surface area contributed by atoms with Gasteiger partial charge in [0.1, 0.15) is 4.88 Å². The second-order valence-corrected chi connectivity index (χ2v) is 7.69. The van der Waals surface area contributed by atoms with Gasteiger partial charge in [0, 0.05) is 11.8 Å². The normalized spacial score (nSPS) is 28.4. The molecule has 2 heterocycles. The highest BCUT2D eigenvalue weighted by atomic mass is 32.1. The van der Waals surface area contributed by atoms with E-state index in [2.05, 4.69) is 27.6 Å². The van der Waals surface area contributed by atoms with E-state index < -0.39 is 0 Å². The average molecular weight is 327 g/mol. The highest BCUT2D eigenvalue weighted by molar-refractivity contribution is 7.14. The monoisotopic (exact) mass is 327 g/mol. The van der Waals surface area contributed by atoms with Crippen molar-refractivity contribution in [2.24, 2.45) is 17.8 Å². The Labute approximate surface area is 137 Å². The van der Waals surface area contributed by atoms with Gasteiger partial charge in [-0.15, -0.1) is 11.3 Å². The van der Waals surface area contributed by atoms with Crippen LogP contribution in [0.2, 0.25) is 0 Å². The Bertz CT molecular complexity index is 789. The molecule has 2 bridgehead atoms. The van der Waals surface area contributed by atoms with Crippen molar-refractivity contribution in [2.45, 2.75) is 31.6 Å². The molecule has 6 heteroatoms. The lowest BCUT2D eigenvalue weighted by Crippen LogP contribution is -2.25. The predicted octanol–water partition coefficient (Wildman–Crippen LogP) is 3.83. The molecule has 3 unspecified atom stereocenters. The Morgan fingerprint density at radius 1 is 1.30 bits per heavy atom. The molecule has 2 saturated carbocycles. The van der Waals surface area contributed by atoms with Crippen LogP contribution in [-0.4, -0.2) is 16.0 Å². The van der Waals surface area contributed by atoms with Gasteiger partial charge in [-0.05, 0) is 49.0 Å². The fourth-order valence-electron chi connectivity index (χ4n) is 3.72. The van der Waals surface area contributed by atoms with Crippen LogP contribution in [0.15, 0.2) is 28.1 Å². The maximum Gasteiger partial charge on any atom is 0.270 e. The van der Waals surface area contributed by atoms with Crippen molar-refractivity contribution < 1.29 is 9.32 Å². The maximum atomic E-state index is 12.6. The number of carbonyl (C=O) groups excluding carboxylic acids is 1. The summed E-state index contributed by atoms with van der Waals surface area (Å²) in [5, 5.41) is 9.09. The van der Waals surface area contributed by atoms with Crippen molar-refractivity contribution >= 4 is 22.9 Å². The van der Waals surface area contributed by atoms with Crippen LogP contribution in [0.3, 0.4) is 0 Å². The number of hydrogen-bond donors (Lipinski definition) is 1. The summed E-state index contributed by atoms with van der Waals surface area (Å²) in [6.07, 6.45) is 8.84. The first-order valence-electron chi connectivity index (χ1n) is 8.18. The molecule has 3 atom stereocenters. The summed E-state index contributed by atoms with van der Waals surface area (Å²) in [6.45, 7) is 0. The molecule has 2 aromatic heterocycles. The highest BCUT2D eigenvalue weighted by Gasteiger charge is 2.40. The first-order chi connectivity index (χ1) is 11.3. The minimum absolute atomic E-state index is 0.0995. The van der Waals surface area contributed by atoms with Crippen LogP contribution in [-0.2, 0) is 4.79 Å². The smallest absolute Gasteiger partial charge is 0.270 e. The largest absolute Gasteiger partial charge is 0.333 e. The summed E-state index contributed by atoms with van der Waals surface area (Å²) in [5.74, 6) is 2.99. The molecule has 1 amide bonds. The van der Waals surface area contributed by atoms with Crippen LogP contribution in [0, 0.1) is 17.8 Å². The van der Waals surface area contributed by atoms with E-state index in [1.54, 1.807) is 0 Å². The average Bonchev–Trinajstić information content (AvgIpc) is 3.00. The van der Waals surface area contributed by atoms with Gasteiger partial charge < -0.3 is 9.84 Å². The number of thiophene rings is 1. The van der Waals surface area contributed by atoms with Gasteiger partial charge in [0.2, 0.25) is 5.91 Å². The van der Waals surface area contributed by atoms with Gasteiger partial charge in [-0.3, -0.25) is 4.79 Å². The number of anilines is 1. The Morgan fingerprint density at radius 3 is 2.96 bits per heavy atom. The Kier molecular flexibility index (Phi) is 2.95. The molecule has 0 radical (unpaired) electrons. The van der Waals surface area contributed by atoms with Crippen molar-refractivity contribution in [1.29, 1.82) is 0 Å². The number of fused-ring (bicyclic) bond motifs is 2. The minimum atomic E-state index is 0.0995. The summed E-state index contributed by atoms with van der Waals surface area (Å²) in [7, 11) is 0. The van der Waals surface area contributed by atoms with Crippen molar-refractivity contribution in [3.05, 3.63) is 29.4 Å². The Morgan fingerprint density at radius 2 is 2.22 bits per heavy atom. The molecule has 23 heavy (non-hydrogen) atoms. The second-order valence-electron chi connectivity index (χ2n) is 6.77. The summed E-state index contributed by atoms with van der Waals surface area (Å²) in [4.78, 5) is 17.9. The molecule has 5 nitrogen and oxygen atoms in total. The van der Waals surface area contributed by atoms with Gasteiger partial charge in [-0.2, -0.15) is 4.98 Å². The zero-order valence-electron chi connectivity index (χ0n) is 12.6. The molecule has 0 spiro atoms. The van der Waals surface area contributed by atoms with Gasteiger partial charge in [0.05, 0.1) is 5.69 Å². The molecule has 3 aliphatic carbocycles. The van der Waals surface area contributed by atoms with Gasteiger partial charge >= 0.3 is 0 Å². The van der Waals surface area contributed by atoms with E-state index in [1.165, 1.54) is 11.3 Å². The lowest BCUT2D eigenvalue weighted by molar-refractivity contribution is -0.120. The molecular weight excluding hydrogens is 310 g/mol. The standard InChI is InChI=1S/C17H17N3O2S/c21-16(12-8-9-1-2-11(12)7-9)18-13-5-6-23-14(13)17-19-15(20-22-17)10-3-4-10/h1-2,5-6,9-12H,3-4,7-8H2,(H,18,21). The van der Waals surface area contributed by atoms with Gasteiger partial charge in [0.25, 0.3) is 5.89 Å². The zero-order valence-corrected chi connectivity index (χ0v) is 13.4. The summed E-state index contributed by atoms with van der Waals surface area (Å²) < 4.78 is 5.39. The molecule has 2 aromatic rings. The molecule has 5 rings (SSSR count). The number of nitrogens with one attached hydrogen (secondary N) is 1. The molecule has 0 aromatic carbocycles. The van der Waals surface area contributed by atoms with E-state index >= 15 is 0 Å². The predicted molar refractivity (Wildman–Crippen MR) is 87.1 cm³/mol. The lowest BCUT2D eigenvalue weighted by atomic mass is 9.93. The van der Waals surface area contributed by atoms with Crippen molar-refractivity contribution in [3.8, 4) is 10.8 Å². The summed E-state index contributed by atoms with van der Waals surface area (Å²) >= 11 is 1.52. The van der Waals surface area contributed by atoms with Crippen LogP contribution in [0.4, 0.5) is 5.69 Å². The number of carbonyl (C=O) groups is 1. The van der Waals surface area contributed by atoms with Crippen LogP contribution in [0.5, 0.6) is 0 Å². The number of allylic oxidation sites excluding steroid dienone is 2. The molecule has 3 aliphatic rings. The topological polar surface area (TPSA) is 68.0 Å². The first kappa shape index (κ1) is 13.5. The lowest BCUT2D eigenvalue weighted by Gasteiger charge is -2.17. The molecule has 0 saturated heterocycles. The quantitative estimate of drug-likeness (QED) is 0.867. The van der Waals surface area contributed by atoms with Gasteiger partial charge in [0.15, 0.2) is 5.82 Å². The van der Waals surface area contributed by atoms with E-state index in [4.69, 9.17) is 4.52 Å². The van der Waals surface area contributed by atoms with E-state index in [1.807, 2.05) is 11.4 Å². The number of hydrogen-bond acceptors (Lipinski definition) is 5. The SMILES string of the molecule is O=C(Nc1ccsc1-c1nc(C2CC2)no1)C1CC2C=CC1C2. The zero-order chi connectivity index (χ0) is 15.4. The minimum Gasteiger partial charge on any atom is -0.333 e. The van der Waals surface area contributed by atoms with Gasteiger partial charge in [-0.1, -0.05) is 17.3 Å². The third-order valence-electron chi connectivity index (χ3n) is 5.12. The maximum absolute atomic E-state index is 12.6. The van der Waals surface area contributed by atoms with Crippen LogP contribution in [0.25, 0.3) is 10.8 Å². The molecule has 0 aliphatic heterocycles. The van der Waals surface area contributed by atoms with Gasteiger partial charge in [-0.25, -0.2) is 0 Å². The number of rotatable bonds is 4. The fraction of sp³-hybridized carbons (Fsp3) is 0.471. The molecule has 1 N–H and O–H groups in total. The van der Waals surface area contributed by atoms with E-state index in [-0.39, 0.29) is 11.8 Å². The van der Waals surface area contributed by atoms with E-state index in [9.17, 15) is 4.79 Å². The number of nitrogens with zero attached hydrogens (tertiary/aromatic N) is 2. The number of amides is 1. The molecule has 118 valence electrons. The third-order valence-corrected chi connectivity index (χ3v) is 6.02. The first-order valence-corrected chi connectivity index (χ1v) is 9.06. The van der Waals surface area contributed by atoms with E-state index in [0.717, 1.165) is 42.1 Å². The summed E-state index contributed by atoms with van der Waals surface area (Å²) in [6, 6.07) is 1.92. The second kappa shape index (κ2) is 5.03. The van der Waals surface area contributed by atoms with Crippen molar-refractivity contribution in [3.63, 3.8) is 0 Å².